The Morgan fingerprint density at radius 2 is 1.85 bits per heavy atom. The van der Waals surface area contributed by atoms with E-state index in [9.17, 15) is 0 Å². The Morgan fingerprint density at radius 1 is 1.10 bits per heavy atom. The fourth-order valence-electron chi connectivity index (χ4n) is 2.52. The minimum Gasteiger partial charge on any atom is -0.496 e. The molecule has 2 aromatic carbocycles. The van der Waals surface area contributed by atoms with Crippen LogP contribution < -0.4 is 16.0 Å². The number of benzene rings is 2. The van der Waals surface area contributed by atoms with Crippen LogP contribution in [0.4, 0.5) is 0 Å². The summed E-state index contributed by atoms with van der Waals surface area (Å²) in [5, 5.41) is 0. The zero-order chi connectivity index (χ0) is 14.7. The molecule has 3 heteroatoms. The molecular weight excluding hydrogens is 248 g/mol. The van der Waals surface area contributed by atoms with Gasteiger partial charge in [0.05, 0.1) is 13.2 Å². The van der Waals surface area contributed by atoms with Gasteiger partial charge in [0, 0.05) is 5.56 Å². The SMILES string of the molecule is COc1c(C(NN)c2cccc(C)c2)ccc(C)c1C. The van der Waals surface area contributed by atoms with Crippen LogP contribution in [0.25, 0.3) is 0 Å². The second kappa shape index (κ2) is 6.07. The van der Waals surface area contributed by atoms with E-state index in [-0.39, 0.29) is 6.04 Å². The van der Waals surface area contributed by atoms with Crippen LogP contribution >= 0.6 is 0 Å². The molecule has 0 aliphatic heterocycles. The average Bonchev–Trinajstić information content (AvgIpc) is 2.44. The number of nitrogens with two attached hydrogens (primary N) is 1. The molecule has 2 rings (SSSR count). The average molecular weight is 270 g/mol. The lowest BCUT2D eigenvalue weighted by Gasteiger charge is -2.22. The third-order valence-electron chi connectivity index (χ3n) is 3.76. The van der Waals surface area contributed by atoms with Gasteiger partial charge in [-0.25, -0.2) is 5.43 Å². The second-order valence-electron chi connectivity index (χ2n) is 5.14. The van der Waals surface area contributed by atoms with Gasteiger partial charge in [-0.2, -0.15) is 0 Å². The van der Waals surface area contributed by atoms with Gasteiger partial charge in [0.2, 0.25) is 0 Å². The summed E-state index contributed by atoms with van der Waals surface area (Å²) in [6, 6.07) is 12.4. The summed E-state index contributed by atoms with van der Waals surface area (Å²) in [6.45, 7) is 6.23. The van der Waals surface area contributed by atoms with Gasteiger partial charge in [0.25, 0.3) is 0 Å². The van der Waals surface area contributed by atoms with Crippen LogP contribution in [0, 0.1) is 20.8 Å². The van der Waals surface area contributed by atoms with Gasteiger partial charge in [-0.05, 0) is 37.5 Å². The Balaban J connectivity index is 2.55. The van der Waals surface area contributed by atoms with Crippen LogP contribution in [0.3, 0.4) is 0 Å². The second-order valence-corrected chi connectivity index (χ2v) is 5.14. The molecule has 1 atom stereocenters. The zero-order valence-electron chi connectivity index (χ0n) is 12.5. The first kappa shape index (κ1) is 14.6. The van der Waals surface area contributed by atoms with E-state index >= 15 is 0 Å². The monoisotopic (exact) mass is 270 g/mol. The van der Waals surface area contributed by atoms with E-state index in [4.69, 9.17) is 10.6 Å². The van der Waals surface area contributed by atoms with Gasteiger partial charge in [-0.1, -0.05) is 42.0 Å². The fraction of sp³-hybridized carbons (Fsp3) is 0.294. The first-order chi connectivity index (χ1) is 9.58. The quantitative estimate of drug-likeness (QED) is 0.662. The highest BCUT2D eigenvalue weighted by atomic mass is 16.5. The maximum absolute atomic E-state index is 5.79. The van der Waals surface area contributed by atoms with Crippen molar-refractivity contribution in [1.29, 1.82) is 0 Å². The van der Waals surface area contributed by atoms with E-state index < -0.39 is 0 Å². The molecule has 3 N–H and O–H groups in total. The number of hydrazine groups is 1. The van der Waals surface area contributed by atoms with E-state index in [1.165, 1.54) is 11.1 Å². The molecule has 0 aliphatic rings. The Kier molecular flexibility index (Phi) is 4.42. The van der Waals surface area contributed by atoms with Crippen LogP contribution in [0.2, 0.25) is 0 Å². The smallest absolute Gasteiger partial charge is 0.127 e. The van der Waals surface area contributed by atoms with Crippen LogP contribution in [-0.2, 0) is 0 Å². The summed E-state index contributed by atoms with van der Waals surface area (Å²) >= 11 is 0. The van der Waals surface area contributed by atoms with E-state index in [1.54, 1.807) is 7.11 Å². The van der Waals surface area contributed by atoms with Crippen molar-refractivity contribution in [3.05, 3.63) is 64.2 Å². The summed E-state index contributed by atoms with van der Waals surface area (Å²) in [6.07, 6.45) is 0. The Morgan fingerprint density at radius 3 is 2.45 bits per heavy atom. The number of hydrogen-bond donors (Lipinski definition) is 2. The van der Waals surface area contributed by atoms with Gasteiger partial charge in [-0.15, -0.1) is 0 Å². The lowest BCUT2D eigenvalue weighted by Crippen LogP contribution is -2.29. The Bertz CT molecular complexity index is 608. The molecule has 1 unspecified atom stereocenters. The predicted molar refractivity (Wildman–Crippen MR) is 82.8 cm³/mol. The third-order valence-corrected chi connectivity index (χ3v) is 3.76. The molecule has 20 heavy (non-hydrogen) atoms. The minimum atomic E-state index is -0.0795. The summed E-state index contributed by atoms with van der Waals surface area (Å²) < 4.78 is 5.60. The predicted octanol–water partition coefficient (Wildman–Crippen LogP) is 3.17. The van der Waals surface area contributed by atoms with E-state index in [0.29, 0.717) is 0 Å². The lowest BCUT2D eigenvalue weighted by atomic mass is 9.94. The van der Waals surface area contributed by atoms with Gasteiger partial charge in [0.15, 0.2) is 0 Å². The fourth-order valence-corrected chi connectivity index (χ4v) is 2.52. The Hall–Kier alpha value is -1.84. The topological polar surface area (TPSA) is 47.3 Å². The molecule has 106 valence electrons. The number of aryl methyl sites for hydroxylation is 2. The van der Waals surface area contributed by atoms with Crippen molar-refractivity contribution in [3.63, 3.8) is 0 Å². The highest BCUT2D eigenvalue weighted by Gasteiger charge is 2.19. The number of hydrogen-bond acceptors (Lipinski definition) is 3. The molecular formula is C17H22N2O. The molecule has 0 aliphatic carbocycles. The molecule has 0 radical (unpaired) electrons. The number of nitrogens with one attached hydrogen (secondary N) is 1. The number of rotatable bonds is 4. The standard InChI is InChI=1S/C17H22N2O/c1-11-6-5-7-14(10-11)16(19-18)15-9-8-12(2)13(3)17(15)20-4/h5-10,16,19H,18H2,1-4H3. The molecule has 0 saturated carbocycles. The molecule has 0 saturated heterocycles. The molecule has 0 bridgehead atoms. The first-order valence-corrected chi connectivity index (χ1v) is 6.75. The van der Waals surface area contributed by atoms with Crippen molar-refractivity contribution in [2.45, 2.75) is 26.8 Å². The number of methoxy groups -OCH3 is 1. The van der Waals surface area contributed by atoms with Gasteiger partial charge in [-0.3, -0.25) is 5.84 Å². The lowest BCUT2D eigenvalue weighted by molar-refractivity contribution is 0.400. The normalized spacial score (nSPS) is 12.2. The summed E-state index contributed by atoms with van der Waals surface area (Å²) in [5.41, 5.74) is 8.67. The molecule has 0 fully saturated rings. The van der Waals surface area contributed by atoms with Crippen molar-refractivity contribution in [2.24, 2.45) is 5.84 Å². The molecule has 0 heterocycles. The van der Waals surface area contributed by atoms with Crippen molar-refractivity contribution >= 4 is 0 Å². The van der Waals surface area contributed by atoms with Crippen LogP contribution in [0.15, 0.2) is 36.4 Å². The van der Waals surface area contributed by atoms with Crippen molar-refractivity contribution in [2.75, 3.05) is 7.11 Å². The van der Waals surface area contributed by atoms with E-state index in [2.05, 4.69) is 56.5 Å². The van der Waals surface area contributed by atoms with Gasteiger partial charge < -0.3 is 4.74 Å². The maximum atomic E-state index is 5.79. The van der Waals surface area contributed by atoms with Crippen LogP contribution in [0.1, 0.15) is 33.9 Å². The summed E-state index contributed by atoms with van der Waals surface area (Å²) in [5.74, 6) is 6.69. The molecule has 3 nitrogen and oxygen atoms in total. The molecule has 2 aromatic rings. The largest absolute Gasteiger partial charge is 0.496 e. The van der Waals surface area contributed by atoms with Gasteiger partial charge >= 0.3 is 0 Å². The maximum Gasteiger partial charge on any atom is 0.127 e. The molecule has 0 amide bonds. The third kappa shape index (κ3) is 2.69. The van der Waals surface area contributed by atoms with Crippen LogP contribution in [-0.4, -0.2) is 7.11 Å². The van der Waals surface area contributed by atoms with E-state index in [0.717, 1.165) is 22.4 Å². The van der Waals surface area contributed by atoms with E-state index in [1.807, 2.05) is 6.07 Å². The summed E-state index contributed by atoms with van der Waals surface area (Å²) in [4.78, 5) is 0. The molecule has 0 aromatic heterocycles. The highest BCUT2D eigenvalue weighted by molar-refractivity contribution is 5.49. The van der Waals surface area contributed by atoms with Crippen molar-refractivity contribution in [1.82, 2.24) is 5.43 Å². The van der Waals surface area contributed by atoms with Crippen LogP contribution in [0.5, 0.6) is 5.75 Å². The highest BCUT2D eigenvalue weighted by Crippen LogP contribution is 2.33. The zero-order valence-corrected chi connectivity index (χ0v) is 12.5. The van der Waals surface area contributed by atoms with Gasteiger partial charge in [0.1, 0.15) is 5.75 Å². The minimum absolute atomic E-state index is 0.0795. The Labute approximate surface area is 120 Å². The van der Waals surface area contributed by atoms with Crippen molar-refractivity contribution < 1.29 is 4.74 Å². The summed E-state index contributed by atoms with van der Waals surface area (Å²) in [7, 11) is 1.70. The van der Waals surface area contributed by atoms with Crippen molar-refractivity contribution in [3.8, 4) is 5.75 Å². The number of ether oxygens (including phenoxy) is 1. The molecule has 0 spiro atoms. The first-order valence-electron chi connectivity index (χ1n) is 6.75.